The number of sulfone groups is 1. The van der Waals surface area contributed by atoms with Gasteiger partial charge in [0.2, 0.25) is 0 Å². The fourth-order valence-electron chi connectivity index (χ4n) is 7.31. The molecule has 3 aliphatic rings. The number of rotatable bonds is 2. The second-order valence-corrected chi connectivity index (χ2v) is 12.6. The third-order valence-corrected chi connectivity index (χ3v) is 10.4. The molecule has 2 saturated carbocycles. The predicted molar refractivity (Wildman–Crippen MR) is 111 cm³/mol. The van der Waals surface area contributed by atoms with Crippen molar-refractivity contribution >= 4 is 15.8 Å². The summed E-state index contributed by atoms with van der Waals surface area (Å²) in [6.07, 6.45) is 5.30. The van der Waals surface area contributed by atoms with Gasteiger partial charge in [-0.25, -0.2) is 13.2 Å². The second kappa shape index (κ2) is 6.22. The Morgan fingerprint density at radius 2 is 1.79 bits per heavy atom. The van der Waals surface area contributed by atoms with E-state index in [2.05, 4.69) is 27.7 Å². The van der Waals surface area contributed by atoms with Crippen molar-refractivity contribution in [2.45, 2.75) is 70.1 Å². The molecule has 1 heterocycles. The van der Waals surface area contributed by atoms with Gasteiger partial charge in [0.05, 0.1) is 23.3 Å². The summed E-state index contributed by atoms with van der Waals surface area (Å²) in [7, 11) is -2.11. The maximum Gasteiger partial charge on any atom is 0.335 e. The van der Waals surface area contributed by atoms with Gasteiger partial charge in [-0.15, -0.1) is 0 Å². The van der Waals surface area contributed by atoms with Crippen LogP contribution in [0.3, 0.4) is 0 Å². The number of carboxylic acids is 1. The standard InChI is InChI=1S/C23H32O5S/c1-21(2)8-6-9-22(3)17(21)7-10-23(4)18(22)13-29(26,27)16-12-14(20(24)25)11-15(28-5)19(16)23/h11-12,17-18H,6-10,13H2,1-5H3,(H,24,25). The SMILES string of the molecule is COc1cc(C(=O)O)cc2c1C1(C)CCC3C(C)(C)CCCC3(C)C1CS2(=O)=O. The molecule has 4 unspecified atom stereocenters. The number of carbonyl (C=O) groups is 1. The van der Waals surface area contributed by atoms with Gasteiger partial charge in [0, 0.05) is 11.0 Å². The van der Waals surface area contributed by atoms with Crippen LogP contribution < -0.4 is 4.74 Å². The molecule has 2 aliphatic carbocycles. The van der Waals surface area contributed by atoms with Gasteiger partial charge in [-0.2, -0.15) is 0 Å². The lowest BCUT2D eigenvalue weighted by Gasteiger charge is -2.63. The van der Waals surface area contributed by atoms with Gasteiger partial charge in [0.25, 0.3) is 0 Å². The highest BCUT2D eigenvalue weighted by Crippen LogP contribution is 2.67. The Morgan fingerprint density at radius 1 is 1.10 bits per heavy atom. The number of hydrogen-bond donors (Lipinski definition) is 1. The van der Waals surface area contributed by atoms with E-state index in [0.717, 1.165) is 25.7 Å². The number of methoxy groups -OCH3 is 1. The molecule has 1 N–H and O–H groups in total. The molecule has 4 atom stereocenters. The number of hydrogen-bond acceptors (Lipinski definition) is 4. The molecule has 0 spiro atoms. The molecule has 29 heavy (non-hydrogen) atoms. The zero-order chi connectivity index (χ0) is 21.4. The van der Waals surface area contributed by atoms with Crippen molar-refractivity contribution < 1.29 is 23.1 Å². The molecule has 1 aromatic rings. The summed E-state index contributed by atoms with van der Waals surface area (Å²) < 4.78 is 32.5. The third-order valence-electron chi connectivity index (χ3n) is 8.62. The number of fused-ring (bicyclic) bond motifs is 5. The van der Waals surface area contributed by atoms with Crippen molar-refractivity contribution in [1.82, 2.24) is 0 Å². The van der Waals surface area contributed by atoms with Gasteiger partial charge < -0.3 is 9.84 Å². The number of aromatic carboxylic acids is 1. The molecule has 0 aromatic heterocycles. The van der Waals surface area contributed by atoms with E-state index in [4.69, 9.17) is 4.74 Å². The Morgan fingerprint density at radius 3 is 2.41 bits per heavy atom. The number of ether oxygens (including phenoxy) is 1. The monoisotopic (exact) mass is 420 g/mol. The average molecular weight is 421 g/mol. The van der Waals surface area contributed by atoms with Crippen LogP contribution in [0, 0.1) is 22.7 Å². The fraction of sp³-hybridized carbons (Fsp3) is 0.696. The molecular weight excluding hydrogens is 388 g/mol. The highest BCUT2D eigenvalue weighted by Gasteiger charge is 2.62. The minimum absolute atomic E-state index is 0.00426. The molecule has 5 nitrogen and oxygen atoms in total. The van der Waals surface area contributed by atoms with Crippen LogP contribution in [0.15, 0.2) is 17.0 Å². The maximum absolute atomic E-state index is 13.4. The molecule has 0 amide bonds. The van der Waals surface area contributed by atoms with Crippen LogP contribution >= 0.6 is 0 Å². The van der Waals surface area contributed by atoms with E-state index < -0.39 is 15.8 Å². The summed E-state index contributed by atoms with van der Waals surface area (Å²) in [5, 5.41) is 9.48. The van der Waals surface area contributed by atoms with Crippen LogP contribution in [0.4, 0.5) is 0 Å². The molecule has 2 fully saturated rings. The van der Waals surface area contributed by atoms with Crippen LogP contribution in [0.25, 0.3) is 0 Å². The second-order valence-electron chi connectivity index (χ2n) is 10.5. The zero-order valence-corrected chi connectivity index (χ0v) is 18.9. The van der Waals surface area contributed by atoms with Crippen molar-refractivity contribution in [3.8, 4) is 5.75 Å². The summed E-state index contributed by atoms with van der Waals surface area (Å²) >= 11 is 0. The predicted octanol–water partition coefficient (Wildman–Crippen LogP) is 4.68. The molecule has 0 radical (unpaired) electrons. The van der Waals surface area contributed by atoms with E-state index >= 15 is 0 Å². The van der Waals surface area contributed by atoms with Crippen molar-refractivity contribution in [1.29, 1.82) is 0 Å². The van der Waals surface area contributed by atoms with Gasteiger partial charge in [-0.3, -0.25) is 0 Å². The summed E-state index contributed by atoms with van der Waals surface area (Å²) in [6, 6.07) is 2.83. The largest absolute Gasteiger partial charge is 0.496 e. The zero-order valence-electron chi connectivity index (χ0n) is 18.0. The first kappa shape index (κ1) is 20.7. The molecule has 1 aromatic carbocycles. The smallest absolute Gasteiger partial charge is 0.335 e. The van der Waals surface area contributed by atoms with E-state index in [9.17, 15) is 18.3 Å². The Hall–Kier alpha value is -1.56. The van der Waals surface area contributed by atoms with E-state index in [0.29, 0.717) is 17.2 Å². The summed E-state index contributed by atoms with van der Waals surface area (Å²) in [6.45, 7) is 9.15. The molecule has 0 bridgehead atoms. The lowest BCUT2D eigenvalue weighted by molar-refractivity contribution is -0.0984. The van der Waals surface area contributed by atoms with Crippen molar-refractivity contribution in [3.05, 3.63) is 23.3 Å². The molecule has 1 aliphatic heterocycles. The summed E-state index contributed by atoms with van der Waals surface area (Å²) in [5.74, 6) is -0.171. The van der Waals surface area contributed by atoms with Crippen LogP contribution in [0.5, 0.6) is 5.75 Å². The van der Waals surface area contributed by atoms with Crippen LogP contribution in [-0.2, 0) is 15.3 Å². The lowest BCUT2D eigenvalue weighted by atomic mass is 9.43. The molecule has 160 valence electrons. The van der Waals surface area contributed by atoms with Crippen molar-refractivity contribution in [3.63, 3.8) is 0 Å². The normalized spacial score (nSPS) is 37.0. The topological polar surface area (TPSA) is 80.7 Å². The highest BCUT2D eigenvalue weighted by atomic mass is 32.2. The first-order chi connectivity index (χ1) is 13.4. The molecule has 4 rings (SSSR count). The van der Waals surface area contributed by atoms with Gasteiger partial charge >= 0.3 is 5.97 Å². The van der Waals surface area contributed by atoms with E-state index in [1.54, 1.807) is 0 Å². The Labute approximate surface area is 173 Å². The van der Waals surface area contributed by atoms with Crippen molar-refractivity contribution in [2.24, 2.45) is 22.7 Å². The first-order valence-corrected chi connectivity index (χ1v) is 12.2. The van der Waals surface area contributed by atoms with Gasteiger partial charge in [-0.1, -0.05) is 34.1 Å². The van der Waals surface area contributed by atoms with E-state index in [1.165, 1.54) is 25.7 Å². The van der Waals surface area contributed by atoms with Crippen LogP contribution in [0.1, 0.15) is 75.7 Å². The van der Waals surface area contributed by atoms with Crippen LogP contribution in [-0.4, -0.2) is 32.4 Å². The Balaban J connectivity index is 1.97. The van der Waals surface area contributed by atoms with Gasteiger partial charge in [0.15, 0.2) is 9.84 Å². The van der Waals surface area contributed by atoms with E-state index in [1.807, 2.05) is 0 Å². The first-order valence-electron chi connectivity index (χ1n) is 10.6. The van der Waals surface area contributed by atoms with Gasteiger partial charge in [-0.05, 0) is 60.5 Å². The van der Waals surface area contributed by atoms with Crippen molar-refractivity contribution in [2.75, 3.05) is 12.9 Å². The summed E-state index contributed by atoms with van der Waals surface area (Å²) in [4.78, 5) is 11.7. The average Bonchev–Trinajstić information content (AvgIpc) is 2.62. The maximum atomic E-state index is 13.4. The Kier molecular flexibility index (Phi) is 4.44. The fourth-order valence-corrected chi connectivity index (χ4v) is 9.63. The number of carboxylic acid groups (broad SMARTS) is 1. The van der Waals surface area contributed by atoms with Gasteiger partial charge in [0.1, 0.15) is 5.75 Å². The minimum Gasteiger partial charge on any atom is -0.496 e. The third kappa shape index (κ3) is 2.77. The minimum atomic E-state index is -3.61. The Bertz CT molecular complexity index is 979. The number of benzene rings is 1. The van der Waals surface area contributed by atoms with E-state index in [-0.39, 0.29) is 38.4 Å². The highest BCUT2D eigenvalue weighted by molar-refractivity contribution is 7.91. The quantitative estimate of drug-likeness (QED) is 0.751. The molecule has 0 saturated heterocycles. The molecular formula is C23H32O5S. The molecule has 6 heteroatoms. The lowest BCUT2D eigenvalue weighted by Crippen LogP contribution is -2.60. The van der Waals surface area contributed by atoms with Crippen LogP contribution in [0.2, 0.25) is 0 Å². The summed E-state index contributed by atoms with van der Waals surface area (Å²) in [5.41, 5.74) is 0.460.